The van der Waals surface area contributed by atoms with Gasteiger partial charge < -0.3 is 5.32 Å². The van der Waals surface area contributed by atoms with Crippen molar-refractivity contribution >= 4 is 23.2 Å². The van der Waals surface area contributed by atoms with Crippen LogP contribution in [0.15, 0.2) is 16.8 Å². The van der Waals surface area contributed by atoms with Gasteiger partial charge in [-0.3, -0.25) is 14.9 Å². The van der Waals surface area contributed by atoms with E-state index >= 15 is 0 Å². The largest absolute Gasteiger partial charge is 0.305 e. The molecule has 0 spiro atoms. The highest BCUT2D eigenvalue weighted by molar-refractivity contribution is 7.07. The molecule has 0 aromatic carbocycles. The van der Waals surface area contributed by atoms with Crippen molar-refractivity contribution in [3.63, 3.8) is 0 Å². The van der Waals surface area contributed by atoms with Crippen molar-refractivity contribution in [1.29, 1.82) is 0 Å². The van der Waals surface area contributed by atoms with Crippen LogP contribution in [-0.4, -0.2) is 24.4 Å². The molecule has 1 saturated heterocycles. The zero-order valence-corrected chi connectivity index (χ0v) is 8.97. The van der Waals surface area contributed by atoms with Gasteiger partial charge in [-0.1, -0.05) is 0 Å². The Labute approximate surface area is 91.7 Å². The van der Waals surface area contributed by atoms with E-state index in [2.05, 4.69) is 22.1 Å². The molecule has 0 radical (unpaired) electrons. The second-order valence-electron chi connectivity index (χ2n) is 3.50. The molecule has 0 aliphatic carbocycles. The molecule has 1 atom stereocenters. The van der Waals surface area contributed by atoms with E-state index < -0.39 is 0 Å². The van der Waals surface area contributed by atoms with E-state index in [1.54, 1.807) is 11.3 Å². The number of nitrogens with one attached hydrogen (secondary N) is 2. The van der Waals surface area contributed by atoms with Crippen molar-refractivity contribution in [3.05, 3.63) is 22.4 Å². The molecule has 0 saturated carbocycles. The van der Waals surface area contributed by atoms with E-state index in [0.717, 1.165) is 13.0 Å². The summed E-state index contributed by atoms with van der Waals surface area (Å²) in [6, 6.07) is 1.72. The lowest BCUT2D eigenvalue weighted by Crippen LogP contribution is -2.37. The Morgan fingerprint density at radius 2 is 2.40 bits per heavy atom. The normalized spacial score (nSPS) is 20.7. The van der Waals surface area contributed by atoms with Crippen molar-refractivity contribution in [1.82, 2.24) is 10.6 Å². The summed E-state index contributed by atoms with van der Waals surface area (Å²) in [5, 5.41) is 9.46. The standard InChI is InChI=1S/C10H12N2O2S/c13-9-5-8(10(14)12-9)11-3-1-7-2-4-15-6-7/h2,4,6,8,11H,1,3,5H2,(H,12,13,14). The predicted molar refractivity (Wildman–Crippen MR) is 57.6 cm³/mol. The van der Waals surface area contributed by atoms with Crippen molar-refractivity contribution in [2.24, 2.45) is 0 Å². The van der Waals surface area contributed by atoms with Gasteiger partial charge in [-0.05, 0) is 35.4 Å². The van der Waals surface area contributed by atoms with Gasteiger partial charge >= 0.3 is 0 Å². The van der Waals surface area contributed by atoms with Crippen LogP contribution in [0.1, 0.15) is 12.0 Å². The highest BCUT2D eigenvalue weighted by Gasteiger charge is 2.29. The Kier molecular flexibility index (Phi) is 3.13. The van der Waals surface area contributed by atoms with Crippen LogP contribution in [-0.2, 0) is 16.0 Å². The number of carbonyl (C=O) groups excluding carboxylic acids is 2. The van der Waals surface area contributed by atoms with Crippen LogP contribution in [0, 0.1) is 0 Å². The number of amides is 2. The first-order valence-electron chi connectivity index (χ1n) is 4.84. The first kappa shape index (κ1) is 10.3. The minimum atomic E-state index is -0.337. The molecule has 15 heavy (non-hydrogen) atoms. The Morgan fingerprint density at radius 1 is 1.53 bits per heavy atom. The molecule has 0 bridgehead atoms. The maximum absolute atomic E-state index is 11.2. The SMILES string of the molecule is O=C1CC(NCCc2ccsc2)C(=O)N1. The maximum atomic E-state index is 11.2. The molecule has 1 unspecified atom stereocenters. The highest BCUT2D eigenvalue weighted by atomic mass is 32.1. The van der Waals surface area contributed by atoms with Gasteiger partial charge in [0, 0.05) is 0 Å². The summed E-state index contributed by atoms with van der Waals surface area (Å²) in [7, 11) is 0. The van der Waals surface area contributed by atoms with Crippen LogP contribution < -0.4 is 10.6 Å². The molecule has 80 valence electrons. The fraction of sp³-hybridized carbons (Fsp3) is 0.400. The van der Waals surface area contributed by atoms with Crippen molar-refractivity contribution in [2.45, 2.75) is 18.9 Å². The summed E-state index contributed by atoms with van der Waals surface area (Å²) in [5.74, 6) is -0.390. The average molecular weight is 224 g/mol. The molecule has 1 aliphatic rings. The summed E-state index contributed by atoms with van der Waals surface area (Å²) in [6.07, 6.45) is 1.16. The fourth-order valence-electron chi connectivity index (χ4n) is 1.54. The van der Waals surface area contributed by atoms with E-state index in [0.29, 0.717) is 0 Å². The lowest BCUT2D eigenvalue weighted by molar-refractivity contribution is -0.125. The third kappa shape index (κ3) is 2.64. The van der Waals surface area contributed by atoms with E-state index in [1.807, 2.05) is 5.38 Å². The number of carbonyl (C=O) groups is 2. The molecular weight excluding hydrogens is 212 g/mol. The first-order chi connectivity index (χ1) is 7.25. The lowest BCUT2D eigenvalue weighted by atomic mass is 10.2. The summed E-state index contributed by atoms with van der Waals surface area (Å²) >= 11 is 1.66. The smallest absolute Gasteiger partial charge is 0.244 e. The molecule has 1 aromatic rings. The molecule has 2 heterocycles. The Hall–Kier alpha value is -1.20. The Bertz CT molecular complexity index is 362. The molecular formula is C10H12N2O2S. The van der Waals surface area contributed by atoms with Crippen LogP contribution in [0.5, 0.6) is 0 Å². The van der Waals surface area contributed by atoms with Gasteiger partial charge in [0.25, 0.3) is 0 Å². The van der Waals surface area contributed by atoms with Crippen LogP contribution in [0.4, 0.5) is 0 Å². The molecule has 1 aromatic heterocycles. The second kappa shape index (κ2) is 4.55. The van der Waals surface area contributed by atoms with Gasteiger partial charge in [0.1, 0.15) is 0 Å². The van der Waals surface area contributed by atoms with Crippen LogP contribution >= 0.6 is 11.3 Å². The maximum Gasteiger partial charge on any atom is 0.244 e. The fourth-order valence-corrected chi connectivity index (χ4v) is 2.25. The number of imide groups is 1. The lowest BCUT2D eigenvalue weighted by Gasteiger charge is -2.07. The number of thiophene rings is 1. The van der Waals surface area contributed by atoms with E-state index in [1.165, 1.54) is 5.56 Å². The summed E-state index contributed by atoms with van der Waals surface area (Å²) < 4.78 is 0. The highest BCUT2D eigenvalue weighted by Crippen LogP contribution is 2.06. The van der Waals surface area contributed by atoms with Crippen molar-refractivity contribution in [2.75, 3.05) is 6.54 Å². The molecule has 1 aliphatic heterocycles. The number of hydrogen-bond donors (Lipinski definition) is 2. The number of hydrogen-bond acceptors (Lipinski definition) is 4. The van der Waals surface area contributed by atoms with Gasteiger partial charge in [-0.2, -0.15) is 11.3 Å². The van der Waals surface area contributed by atoms with E-state index in [4.69, 9.17) is 0 Å². The molecule has 1 fully saturated rings. The van der Waals surface area contributed by atoms with Crippen molar-refractivity contribution in [3.8, 4) is 0 Å². The minimum absolute atomic E-state index is 0.187. The topological polar surface area (TPSA) is 58.2 Å². The van der Waals surface area contributed by atoms with Crippen molar-refractivity contribution < 1.29 is 9.59 Å². The molecule has 2 rings (SSSR count). The van der Waals surface area contributed by atoms with Gasteiger partial charge in [0.2, 0.25) is 11.8 Å². The van der Waals surface area contributed by atoms with E-state index in [-0.39, 0.29) is 24.3 Å². The minimum Gasteiger partial charge on any atom is -0.305 e. The zero-order valence-electron chi connectivity index (χ0n) is 8.16. The average Bonchev–Trinajstić information content (AvgIpc) is 2.77. The third-order valence-corrected chi connectivity index (χ3v) is 3.09. The van der Waals surface area contributed by atoms with Gasteiger partial charge in [-0.15, -0.1) is 0 Å². The summed E-state index contributed by atoms with van der Waals surface area (Å²) in [5.41, 5.74) is 1.26. The summed E-state index contributed by atoms with van der Waals surface area (Å²) in [4.78, 5) is 22.1. The quantitative estimate of drug-likeness (QED) is 0.723. The zero-order chi connectivity index (χ0) is 10.7. The van der Waals surface area contributed by atoms with Gasteiger partial charge in [0.05, 0.1) is 12.5 Å². The van der Waals surface area contributed by atoms with Gasteiger partial charge in [0.15, 0.2) is 0 Å². The summed E-state index contributed by atoms with van der Waals surface area (Å²) in [6.45, 7) is 0.724. The number of rotatable bonds is 4. The third-order valence-electron chi connectivity index (χ3n) is 2.35. The van der Waals surface area contributed by atoms with Gasteiger partial charge in [-0.25, -0.2) is 0 Å². The molecule has 5 heteroatoms. The van der Waals surface area contributed by atoms with Crippen LogP contribution in [0.25, 0.3) is 0 Å². The van der Waals surface area contributed by atoms with Crippen LogP contribution in [0.2, 0.25) is 0 Å². The Morgan fingerprint density at radius 3 is 3.00 bits per heavy atom. The molecule has 4 nitrogen and oxygen atoms in total. The van der Waals surface area contributed by atoms with E-state index in [9.17, 15) is 9.59 Å². The predicted octanol–water partition coefficient (Wildman–Crippen LogP) is 0.295. The van der Waals surface area contributed by atoms with Crippen LogP contribution in [0.3, 0.4) is 0 Å². The Balaban J connectivity index is 1.74. The molecule has 2 N–H and O–H groups in total. The first-order valence-corrected chi connectivity index (χ1v) is 5.78. The second-order valence-corrected chi connectivity index (χ2v) is 4.28. The monoisotopic (exact) mass is 224 g/mol. The molecule has 2 amide bonds.